The highest BCUT2D eigenvalue weighted by Gasteiger charge is 2.08. The van der Waals surface area contributed by atoms with Gasteiger partial charge in [0.15, 0.2) is 4.77 Å². The van der Waals surface area contributed by atoms with Crippen LogP contribution in [0.25, 0.3) is 0 Å². The van der Waals surface area contributed by atoms with Gasteiger partial charge >= 0.3 is 0 Å². The molecule has 0 aliphatic carbocycles. The molecule has 0 aromatic carbocycles. The number of nitrogens with one attached hydrogen (secondary N) is 1. The summed E-state index contributed by atoms with van der Waals surface area (Å²) < 4.78 is 2.97. The summed E-state index contributed by atoms with van der Waals surface area (Å²) in [5.41, 5.74) is 4.28. The number of hydrogen-bond acceptors (Lipinski definition) is 3. The normalized spacial score (nSPS) is 11.2. The molecule has 0 spiro atoms. The van der Waals surface area contributed by atoms with E-state index in [1.165, 1.54) is 5.69 Å². The predicted octanol–water partition coefficient (Wildman–Crippen LogP) is 3.37. The van der Waals surface area contributed by atoms with Gasteiger partial charge in [-0.1, -0.05) is 13.8 Å². The molecule has 1 N–H and O–H groups in total. The number of hydrogen-bond donors (Lipinski definition) is 1. The van der Waals surface area contributed by atoms with Gasteiger partial charge in [-0.05, 0) is 18.1 Å². The Balaban J connectivity index is 2.14. The Hall–Kier alpha value is -0.940. The van der Waals surface area contributed by atoms with Gasteiger partial charge in [0.05, 0.1) is 11.2 Å². The Morgan fingerprint density at radius 2 is 2.38 bits per heavy atom. The molecule has 3 nitrogen and oxygen atoms in total. The molecule has 2 aromatic heterocycles. The molecule has 0 unspecified atom stereocenters. The largest absolute Gasteiger partial charge is 0.337 e. The Bertz CT molecular complexity index is 494. The van der Waals surface area contributed by atoms with Crippen molar-refractivity contribution in [2.75, 3.05) is 0 Å². The molecule has 2 aromatic rings. The third-order valence-corrected chi connectivity index (χ3v) is 3.54. The zero-order valence-electron chi connectivity index (χ0n) is 9.43. The summed E-state index contributed by atoms with van der Waals surface area (Å²) in [6.07, 6.45) is 2.95. The van der Waals surface area contributed by atoms with Crippen molar-refractivity contribution in [2.24, 2.45) is 0 Å². The summed E-state index contributed by atoms with van der Waals surface area (Å²) in [6.45, 7) is 5.26. The summed E-state index contributed by atoms with van der Waals surface area (Å²) in [5, 5.41) is 2.09. The lowest BCUT2D eigenvalue weighted by atomic mass is 10.1. The smallest absolute Gasteiger partial charge is 0.177 e. The minimum absolute atomic E-state index is 0.489. The van der Waals surface area contributed by atoms with E-state index in [-0.39, 0.29) is 0 Å². The van der Waals surface area contributed by atoms with Gasteiger partial charge < -0.3 is 9.55 Å². The van der Waals surface area contributed by atoms with Gasteiger partial charge in [0.2, 0.25) is 0 Å². The average molecular weight is 253 g/mol. The van der Waals surface area contributed by atoms with E-state index < -0.39 is 0 Å². The molecule has 0 bridgehead atoms. The third kappa shape index (κ3) is 2.41. The summed E-state index contributed by atoms with van der Waals surface area (Å²) in [7, 11) is 0. The van der Waals surface area contributed by atoms with Crippen molar-refractivity contribution in [3.8, 4) is 0 Å². The molecule has 0 saturated heterocycles. The van der Waals surface area contributed by atoms with Gasteiger partial charge in [0, 0.05) is 30.2 Å². The first-order chi connectivity index (χ1) is 7.68. The van der Waals surface area contributed by atoms with Gasteiger partial charge in [-0.2, -0.15) is 0 Å². The molecule has 0 radical (unpaired) electrons. The van der Waals surface area contributed by atoms with Crippen molar-refractivity contribution in [3.63, 3.8) is 0 Å². The van der Waals surface area contributed by atoms with Crippen LogP contribution in [0.15, 0.2) is 17.1 Å². The lowest BCUT2D eigenvalue weighted by Crippen LogP contribution is -2.07. The Labute approximate surface area is 104 Å². The van der Waals surface area contributed by atoms with Crippen LogP contribution in [0.5, 0.6) is 0 Å². The van der Waals surface area contributed by atoms with Gasteiger partial charge in [-0.25, -0.2) is 4.98 Å². The quantitative estimate of drug-likeness (QED) is 0.848. The van der Waals surface area contributed by atoms with E-state index in [0.717, 1.165) is 23.4 Å². The second kappa shape index (κ2) is 4.93. The summed E-state index contributed by atoms with van der Waals surface area (Å²) >= 11 is 6.91. The molecule has 5 heteroatoms. The second-order valence-electron chi connectivity index (χ2n) is 4.05. The Morgan fingerprint density at radius 1 is 1.56 bits per heavy atom. The number of aryl methyl sites for hydroxylation is 1. The maximum absolute atomic E-state index is 5.28. The van der Waals surface area contributed by atoms with Crippen molar-refractivity contribution in [1.29, 1.82) is 0 Å². The Morgan fingerprint density at radius 3 is 3.00 bits per heavy atom. The maximum Gasteiger partial charge on any atom is 0.177 e. The molecule has 0 aliphatic heterocycles. The van der Waals surface area contributed by atoms with Crippen molar-refractivity contribution < 1.29 is 0 Å². The highest BCUT2D eigenvalue weighted by atomic mass is 32.1. The van der Waals surface area contributed by atoms with Gasteiger partial charge in [-0.15, -0.1) is 11.3 Å². The molecular formula is C11H15N3S2. The fraction of sp³-hybridized carbons (Fsp3) is 0.455. The van der Waals surface area contributed by atoms with Crippen LogP contribution in [-0.2, 0) is 13.0 Å². The summed E-state index contributed by atoms with van der Waals surface area (Å²) in [4.78, 5) is 7.39. The summed E-state index contributed by atoms with van der Waals surface area (Å²) in [6, 6.07) is 0. The number of rotatable bonds is 4. The van der Waals surface area contributed by atoms with Crippen molar-refractivity contribution in [3.05, 3.63) is 33.2 Å². The van der Waals surface area contributed by atoms with Crippen LogP contribution in [0.3, 0.4) is 0 Å². The minimum atomic E-state index is 0.489. The number of thiazole rings is 1. The van der Waals surface area contributed by atoms with E-state index >= 15 is 0 Å². The van der Waals surface area contributed by atoms with Crippen molar-refractivity contribution >= 4 is 23.6 Å². The molecule has 86 valence electrons. The molecule has 0 amide bonds. The van der Waals surface area contributed by atoms with E-state index in [0.29, 0.717) is 5.92 Å². The van der Waals surface area contributed by atoms with Crippen molar-refractivity contribution in [2.45, 2.75) is 32.7 Å². The van der Waals surface area contributed by atoms with E-state index in [9.17, 15) is 0 Å². The first kappa shape index (κ1) is 11.5. The molecule has 0 saturated carbocycles. The lowest BCUT2D eigenvalue weighted by molar-refractivity contribution is 0.622. The average Bonchev–Trinajstić information content (AvgIpc) is 2.84. The predicted molar refractivity (Wildman–Crippen MR) is 69.5 cm³/mol. The van der Waals surface area contributed by atoms with Crippen LogP contribution in [0, 0.1) is 4.77 Å². The van der Waals surface area contributed by atoms with E-state index in [4.69, 9.17) is 12.2 Å². The molecule has 0 aliphatic rings. The molecule has 16 heavy (non-hydrogen) atoms. The fourth-order valence-corrected chi connectivity index (χ4v) is 2.55. The van der Waals surface area contributed by atoms with Crippen LogP contribution >= 0.6 is 23.6 Å². The van der Waals surface area contributed by atoms with Gasteiger partial charge in [-0.3, -0.25) is 0 Å². The molecule has 2 rings (SSSR count). The highest BCUT2D eigenvalue weighted by Crippen LogP contribution is 2.15. The summed E-state index contributed by atoms with van der Waals surface area (Å²) in [5.74, 6) is 0.489. The minimum Gasteiger partial charge on any atom is -0.337 e. The number of aromatic nitrogens is 3. The topological polar surface area (TPSA) is 33.6 Å². The van der Waals surface area contributed by atoms with Crippen LogP contribution < -0.4 is 0 Å². The van der Waals surface area contributed by atoms with E-state index in [1.807, 2.05) is 11.7 Å². The van der Waals surface area contributed by atoms with Crippen molar-refractivity contribution in [1.82, 2.24) is 14.5 Å². The van der Waals surface area contributed by atoms with E-state index in [1.54, 1.807) is 11.3 Å². The first-order valence-corrected chi connectivity index (χ1v) is 6.68. The maximum atomic E-state index is 5.28. The number of H-pyrrole nitrogens is 1. The fourth-order valence-electron chi connectivity index (χ4n) is 1.71. The first-order valence-electron chi connectivity index (χ1n) is 5.33. The standard InChI is InChI=1S/C11H15N3S2/c1-8(2)10-5-12-11(15)14(10)4-3-9-6-16-7-13-9/h5-8H,3-4H2,1-2H3,(H,12,15). The second-order valence-corrected chi connectivity index (χ2v) is 5.16. The SMILES string of the molecule is CC(C)c1c[nH]c(=S)n1CCc1cscn1. The molecule has 0 atom stereocenters. The number of nitrogens with zero attached hydrogens (tertiary/aromatic N) is 2. The monoisotopic (exact) mass is 253 g/mol. The van der Waals surface area contributed by atoms with Crippen LogP contribution in [0.4, 0.5) is 0 Å². The Kier molecular flexibility index (Phi) is 3.56. The number of aromatic amines is 1. The number of imidazole rings is 1. The zero-order valence-corrected chi connectivity index (χ0v) is 11.1. The highest BCUT2D eigenvalue weighted by molar-refractivity contribution is 7.71. The molecule has 0 fully saturated rings. The van der Waals surface area contributed by atoms with Gasteiger partial charge in [0.1, 0.15) is 0 Å². The van der Waals surface area contributed by atoms with E-state index in [2.05, 4.69) is 33.8 Å². The van der Waals surface area contributed by atoms with Crippen LogP contribution in [0.1, 0.15) is 31.2 Å². The third-order valence-electron chi connectivity index (χ3n) is 2.57. The molecule has 2 heterocycles. The molecular weight excluding hydrogens is 238 g/mol. The lowest BCUT2D eigenvalue weighted by Gasteiger charge is -2.09. The van der Waals surface area contributed by atoms with Crippen LogP contribution in [0.2, 0.25) is 0 Å². The van der Waals surface area contributed by atoms with Crippen LogP contribution in [-0.4, -0.2) is 14.5 Å². The van der Waals surface area contributed by atoms with Gasteiger partial charge in [0.25, 0.3) is 0 Å². The zero-order chi connectivity index (χ0) is 11.5.